The average molecular weight is 359 g/mol. The lowest BCUT2D eigenvalue weighted by atomic mass is 10.2. The maximum absolute atomic E-state index is 5.96. The van der Waals surface area contributed by atoms with Crippen molar-refractivity contribution >= 4 is 11.6 Å². The maximum atomic E-state index is 5.96. The number of aromatic nitrogens is 5. The number of likely N-dealkylation sites (N-methyl/N-ethyl adjacent to an activating group) is 1. The molecule has 1 aromatic carbocycles. The minimum Gasteiger partial charge on any atom is -0.300 e. The van der Waals surface area contributed by atoms with Gasteiger partial charge in [0.2, 0.25) is 0 Å². The first-order valence-electron chi connectivity index (χ1n) is 8.31. The second-order valence-corrected chi connectivity index (χ2v) is 6.77. The highest BCUT2D eigenvalue weighted by molar-refractivity contribution is 6.30. The van der Waals surface area contributed by atoms with E-state index < -0.39 is 0 Å². The molecule has 7 heteroatoms. The molecule has 132 valence electrons. The van der Waals surface area contributed by atoms with Crippen molar-refractivity contribution in [3.05, 3.63) is 64.5 Å². The van der Waals surface area contributed by atoms with Crippen LogP contribution in [0.15, 0.2) is 36.9 Å². The molecule has 6 nitrogen and oxygen atoms in total. The highest BCUT2D eigenvalue weighted by Crippen LogP contribution is 2.17. The summed E-state index contributed by atoms with van der Waals surface area (Å²) in [5.41, 5.74) is 4.77. The standard InChI is InChI=1S/C18H23ClN6/c1-14-18(11-23(3)8-9-24-13-20-12-21-24)15(2)25(22-14)10-16-4-6-17(19)7-5-16/h4-7,12-13H,8-11H2,1-3H3. The summed E-state index contributed by atoms with van der Waals surface area (Å²) < 4.78 is 3.92. The minimum atomic E-state index is 0.756. The first kappa shape index (κ1) is 17.6. The molecular formula is C18H23ClN6. The fourth-order valence-electron chi connectivity index (χ4n) is 2.85. The van der Waals surface area contributed by atoms with Gasteiger partial charge in [-0.25, -0.2) is 4.98 Å². The van der Waals surface area contributed by atoms with Crippen LogP contribution < -0.4 is 0 Å². The topological polar surface area (TPSA) is 51.8 Å². The minimum absolute atomic E-state index is 0.756. The van der Waals surface area contributed by atoms with Gasteiger partial charge in [0.1, 0.15) is 12.7 Å². The van der Waals surface area contributed by atoms with Crippen LogP contribution in [0.3, 0.4) is 0 Å². The molecule has 0 aliphatic carbocycles. The Morgan fingerprint density at radius 1 is 1.16 bits per heavy atom. The molecule has 0 spiro atoms. The summed E-state index contributed by atoms with van der Waals surface area (Å²) in [4.78, 5) is 6.26. The van der Waals surface area contributed by atoms with Crippen LogP contribution in [0.5, 0.6) is 0 Å². The smallest absolute Gasteiger partial charge is 0.137 e. The Balaban J connectivity index is 1.65. The quantitative estimate of drug-likeness (QED) is 0.651. The monoisotopic (exact) mass is 358 g/mol. The van der Waals surface area contributed by atoms with E-state index in [0.29, 0.717) is 0 Å². The van der Waals surface area contributed by atoms with Crippen molar-refractivity contribution < 1.29 is 0 Å². The van der Waals surface area contributed by atoms with Crippen LogP contribution in [0.1, 0.15) is 22.5 Å². The maximum Gasteiger partial charge on any atom is 0.137 e. The van der Waals surface area contributed by atoms with Crippen molar-refractivity contribution in [3.63, 3.8) is 0 Å². The summed E-state index contributed by atoms with van der Waals surface area (Å²) in [5.74, 6) is 0. The molecule has 0 saturated carbocycles. The van der Waals surface area contributed by atoms with Crippen LogP contribution in [0.25, 0.3) is 0 Å². The molecule has 0 unspecified atom stereocenters. The molecule has 2 heterocycles. The number of halogens is 1. The number of aryl methyl sites for hydroxylation is 1. The fraction of sp³-hybridized carbons (Fsp3) is 0.389. The third kappa shape index (κ3) is 4.46. The SMILES string of the molecule is Cc1nn(Cc2ccc(Cl)cc2)c(C)c1CN(C)CCn1cncn1. The number of benzene rings is 1. The number of nitrogens with zero attached hydrogens (tertiary/aromatic N) is 6. The third-order valence-electron chi connectivity index (χ3n) is 4.38. The van der Waals surface area contributed by atoms with Gasteiger partial charge < -0.3 is 4.90 Å². The van der Waals surface area contributed by atoms with Crippen molar-refractivity contribution in [2.24, 2.45) is 0 Å². The van der Waals surface area contributed by atoms with E-state index in [0.717, 1.165) is 36.9 Å². The Bertz CT molecular complexity index is 807. The summed E-state index contributed by atoms with van der Waals surface area (Å²) in [6, 6.07) is 7.92. The molecule has 0 N–H and O–H groups in total. The molecule has 3 rings (SSSR count). The normalized spacial score (nSPS) is 11.4. The van der Waals surface area contributed by atoms with E-state index in [9.17, 15) is 0 Å². The van der Waals surface area contributed by atoms with Crippen LogP contribution in [0.2, 0.25) is 5.02 Å². The van der Waals surface area contributed by atoms with Crippen LogP contribution >= 0.6 is 11.6 Å². The summed E-state index contributed by atoms with van der Waals surface area (Å²) in [6.07, 6.45) is 3.31. The third-order valence-corrected chi connectivity index (χ3v) is 4.63. The molecule has 0 atom stereocenters. The van der Waals surface area contributed by atoms with Gasteiger partial charge in [0, 0.05) is 29.4 Å². The van der Waals surface area contributed by atoms with Crippen molar-refractivity contribution in [1.29, 1.82) is 0 Å². The predicted octanol–water partition coefficient (Wildman–Crippen LogP) is 2.93. The number of hydrogen-bond donors (Lipinski definition) is 0. The van der Waals surface area contributed by atoms with Gasteiger partial charge in [-0.05, 0) is 38.6 Å². The van der Waals surface area contributed by atoms with Crippen molar-refractivity contribution in [3.8, 4) is 0 Å². The molecule has 25 heavy (non-hydrogen) atoms. The zero-order chi connectivity index (χ0) is 17.8. The lowest BCUT2D eigenvalue weighted by molar-refractivity contribution is 0.304. The summed E-state index contributed by atoms with van der Waals surface area (Å²) in [7, 11) is 2.12. The highest BCUT2D eigenvalue weighted by atomic mass is 35.5. The van der Waals surface area contributed by atoms with Gasteiger partial charge in [0.05, 0.1) is 18.8 Å². The van der Waals surface area contributed by atoms with Gasteiger partial charge in [0.25, 0.3) is 0 Å². The zero-order valence-electron chi connectivity index (χ0n) is 14.9. The predicted molar refractivity (Wildman–Crippen MR) is 98.6 cm³/mol. The molecule has 2 aromatic heterocycles. The molecule has 0 aliphatic heterocycles. The van der Waals surface area contributed by atoms with Crippen LogP contribution in [-0.4, -0.2) is 43.0 Å². The van der Waals surface area contributed by atoms with Gasteiger partial charge in [-0.1, -0.05) is 23.7 Å². The number of rotatable bonds is 7. The van der Waals surface area contributed by atoms with Crippen molar-refractivity contribution in [1.82, 2.24) is 29.4 Å². The largest absolute Gasteiger partial charge is 0.300 e. The summed E-state index contributed by atoms with van der Waals surface area (Å²) in [6.45, 7) is 7.57. The van der Waals surface area contributed by atoms with E-state index in [4.69, 9.17) is 16.7 Å². The second-order valence-electron chi connectivity index (χ2n) is 6.33. The van der Waals surface area contributed by atoms with E-state index >= 15 is 0 Å². The summed E-state index contributed by atoms with van der Waals surface area (Å²) >= 11 is 5.96. The average Bonchev–Trinajstić information content (AvgIpc) is 3.19. The Hall–Kier alpha value is -2.18. The van der Waals surface area contributed by atoms with Crippen molar-refractivity contribution in [2.45, 2.75) is 33.5 Å². The lowest BCUT2D eigenvalue weighted by Crippen LogP contribution is -2.23. The first-order chi connectivity index (χ1) is 12.0. The van der Waals surface area contributed by atoms with E-state index in [1.165, 1.54) is 16.8 Å². The molecule has 0 saturated heterocycles. The molecule has 0 fully saturated rings. The lowest BCUT2D eigenvalue weighted by Gasteiger charge is -2.17. The number of hydrogen-bond acceptors (Lipinski definition) is 4. The van der Waals surface area contributed by atoms with Crippen molar-refractivity contribution in [2.75, 3.05) is 13.6 Å². The van der Waals surface area contributed by atoms with E-state index in [-0.39, 0.29) is 0 Å². The second kappa shape index (κ2) is 7.80. The van der Waals surface area contributed by atoms with Gasteiger partial charge in [-0.15, -0.1) is 0 Å². The highest BCUT2D eigenvalue weighted by Gasteiger charge is 2.13. The van der Waals surface area contributed by atoms with Crippen LogP contribution in [0.4, 0.5) is 0 Å². The van der Waals surface area contributed by atoms with Gasteiger partial charge >= 0.3 is 0 Å². The van der Waals surface area contributed by atoms with E-state index in [1.807, 2.05) is 28.9 Å². The Morgan fingerprint density at radius 3 is 2.60 bits per heavy atom. The van der Waals surface area contributed by atoms with Crippen LogP contribution in [0, 0.1) is 13.8 Å². The van der Waals surface area contributed by atoms with E-state index in [2.05, 4.69) is 40.6 Å². The van der Waals surface area contributed by atoms with Gasteiger partial charge in [0.15, 0.2) is 0 Å². The zero-order valence-corrected chi connectivity index (χ0v) is 15.6. The Kier molecular flexibility index (Phi) is 5.50. The molecule has 0 aliphatic rings. The molecule has 0 bridgehead atoms. The Morgan fingerprint density at radius 2 is 1.92 bits per heavy atom. The van der Waals surface area contributed by atoms with Crippen LogP contribution in [-0.2, 0) is 19.6 Å². The molecule has 0 radical (unpaired) electrons. The first-order valence-corrected chi connectivity index (χ1v) is 8.69. The summed E-state index contributed by atoms with van der Waals surface area (Å²) in [5, 5.41) is 9.62. The van der Waals surface area contributed by atoms with Gasteiger partial charge in [-0.2, -0.15) is 10.2 Å². The van der Waals surface area contributed by atoms with E-state index in [1.54, 1.807) is 12.7 Å². The Labute approximate surface area is 153 Å². The fourth-order valence-corrected chi connectivity index (χ4v) is 2.98. The van der Waals surface area contributed by atoms with Gasteiger partial charge in [-0.3, -0.25) is 9.36 Å². The molecule has 0 amide bonds. The molecule has 3 aromatic rings. The molecular weight excluding hydrogens is 336 g/mol.